The molecule has 1 aromatic carbocycles. The minimum absolute atomic E-state index is 0.0887. The topological polar surface area (TPSA) is 30.5 Å². The van der Waals surface area contributed by atoms with E-state index >= 15 is 0 Å². The van der Waals surface area contributed by atoms with Gasteiger partial charge in [0.15, 0.2) is 0 Å². The third kappa shape index (κ3) is 2.20. The predicted molar refractivity (Wildman–Crippen MR) is 77.9 cm³/mol. The van der Waals surface area contributed by atoms with E-state index < -0.39 is 0 Å². The van der Waals surface area contributed by atoms with Crippen molar-refractivity contribution in [3.8, 4) is 11.5 Å². The van der Waals surface area contributed by atoms with Crippen LogP contribution < -0.4 is 14.8 Å². The van der Waals surface area contributed by atoms with E-state index in [1.54, 1.807) is 14.2 Å². The molecule has 0 aliphatic carbocycles. The van der Waals surface area contributed by atoms with Gasteiger partial charge in [-0.05, 0) is 36.9 Å². The average Bonchev–Trinajstić information content (AvgIpc) is 2.87. The fraction of sp³-hybridized carbons (Fsp3) is 0.625. The molecule has 1 atom stereocenters. The van der Waals surface area contributed by atoms with Gasteiger partial charge in [-0.15, -0.1) is 0 Å². The fourth-order valence-electron chi connectivity index (χ4n) is 3.24. The lowest BCUT2D eigenvalue weighted by Gasteiger charge is -2.43. The maximum Gasteiger partial charge on any atom is 0.127 e. The van der Waals surface area contributed by atoms with E-state index in [9.17, 15) is 0 Å². The van der Waals surface area contributed by atoms with Crippen LogP contribution in [0.4, 0.5) is 0 Å². The van der Waals surface area contributed by atoms with Crippen molar-refractivity contribution in [2.75, 3.05) is 20.8 Å². The van der Waals surface area contributed by atoms with Gasteiger partial charge in [0, 0.05) is 0 Å². The smallest absolute Gasteiger partial charge is 0.127 e. The average molecular weight is 263 g/mol. The zero-order valence-electron chi connectivity index (χ0n) is 12.7. The summed E-state index contributed by atoms with van der Waals surface area (Å²) >= 11 is 0. The molecule has 1 aromatic rings. The van der Waals surface area contributed by atoms with Crippen molar-refractivity contribution in [2.45, 2.75) is 39.2 Å². The van der Waals surface area contributed by atoms with E-state index in [2.05, 4.69) is 26.1 Å². The molecule has 0 spiro atoms. The Hall–Kier alpha value is -1.22. The highest BCUT2D eigenvalue weighted by molar-refractivity contribution is 5.51. The van der Waals surface area contributed by atoms with Crippen LogP contribution in [0.1, 0.15) is 39.2 Å². The van der Waals surface area contributed by atoms with Gasteiger partial charge in [0.2, 0.25) is 0 Å². The molecule has 106 valence electrons. The van der Waals surface area contributed by atoms with Gasteiger partial charge in [0.25, 0.3) is 0 Å². The summed E-state index contributed by atoms with van der Waals surface area (Å²) < 4.78 is 11.2. The number of benzene rings is 1. The molecule has 0 saturated carbocycles. The van der Waals surface area contributed by atoms with Gasteiger partial charge in [0.1, 0.15) is 11.5 Å². The second kappa shape index (κ2) is 5.04. The first-order chi connectivity index (χ1) is 8.96. The molecule has 1 heterocycles. The molecule has 0 bridgehead atoms. The molecular formula is C16H25NO2. The van der Waals surface area contributed by atoms with E-state index in [1.165, 1.54) is 6.42 Å². The van der Waals surface area contributed by atoms with Crippen LogP contribution in [-0.2, 0) is 5.54 Å². The monoisotopic (exact) mass is 263 g/mol. The van der Waals surface area contributed by atoms with E-state index in [-0.39, 0.29) is 11.0 Å². The van der Waals surface area contributed by atoms with E-state index in [0.29, 0.717) is 0 Å². The molecule has 3 nitrogen and oxygen atoms in total. The summed E-state index contributed by atoms with van der Waals surface area (Å²) in [5.74, 6) is 1.81. The summed E-state index contributed by atoms with van der Waals surface area (Å²) in [7, 11) is 3.45. The quantitative estimate of drug-likeness (QED) is 0.907. The molecule has 1 aliphatic heterocycles. The maximum atomic E-state index is 5.60. The Bertz CT molecular complexity index is 420. The van der Waals surface area contributed by atoms with E-state index in [1.807, 2.05) is 18.2 Å². The van der Waals surface area contributed by atoms with Crippen LogP contribution in [0.3, 0.4) is 0 Å². The Morgan fingerprint density at radius 1 is 1.11 bits per heavy atom. The zero-order valence-corrected chi connectivity index (χ0v) is 12.7. The predicted octanol–water partition coefficient (Wildman–Crippen LogP) is 3.33. The molecule has 1 fully saturated rings. The second-order valence-corrected chi connectivity index (χ2v) is 6.22. The normalized spacial score (nSPS) is 23.4. The van der Waals surface area contributed by atoms with Crippen LogP contribution >= 0.6 is 0 Å². The number of nitrogens with one attached hydrogen (secondary N) is 1. The van der Waals surface area contributed by atoms with Crippen LogP contribution in [0, 0.1) is 5.41 Å². The Morgan fingerprint density at radius 2 is 1.68 bits per heavy atom. The van der Waals surface area contributed by atoms with Crippen LogP contribution in [0.15, 0.2) is 18.2 Å². The van der Waals surface area contributed by atoms with Crippen molar-refractivity contribution in [2.24, 2.45) is 5.41 Å². The summed E-state index contributed by atoms with van der Waals surface area (Å²) in [4.78, 5) is 0. The van der Waals surface area contributed by atoms with Crippen LogP contribution in [0.2, 0.25) is 0 Å². The highest BCUT2D eigenvalue weighted by Crippen LogP contribution is 2.51. The minimum Gasteiger partial charge on any atom is -0.496 e. The van der Waals surface area contributed by atoms with Crippen LogP contribution in [-0.4, -0.2) is 20.8 Å². The summed E-state index contributed by atoms with van der Waals surface area (Å²) in [6.07, 6.45) is 2.28. The van der Waals surface area contributed by atoms with Gasteiger partial charge in [0.05, 0.1) is 25.3 Å². The Balaban J connectivity index is 2.66. The number of hydrogen-bond acceptors (Lipinski definition) is 3. The van der Waals surface area contributed by atoms with Gasteiger partial charge in [-0.25, -0.2) is 0 Å². The lowest BCUT2D eigenvalue weighted by atomic mass is 9.68. The minimum atomic E-state index is -0.0923. The summed E-state index contributed by atoms with van der Waals surface area (Å²) in [6, 6.07) is 6.02. The molecule has 1 unspecified atom stereocenters. The number of methoxy groups -OCH3 is 2. The largest absolute Gasteiger partial charge is 0.496 e. The fourth-order valence-corrected chi connectivity index (χ4v) is 3.24. The molecule has 1 aliphatic rings. The number of ether oxygens (including phenoxy) is 2. The van der Waals surface area contributed by atoms with Crippen molar-refractivity contribution in [1.82, 2.24) is 5.32 Å². The Labute approximate surface area is 116 Å². The van der Waals surface area contributed by atoms with E-state index in [4.69, 9.17) is 9.47 Å². The Morgan fingerprint density at radius 3 is 2.05 bits per heavy atom. The molecule has 1 N–H and O–H groups in total. The Kier molecular flexibility index (Phi) is 3.77. The second-order valence-electron chi connectivity index (χ2n) is 6.22. The molecule has 0 aromatic heterocycles. The highest BCUT2D eigenvalue weighted by Gasteiger charge is 2.48. The first kappa shape index (κ1) is 14.2. The highest BCUT2D eigenvalue weighted by atomic mass is 16.5. The first-order valence-electron chi connectivity index (χ1n) is 6.93. The number of hydrogen-bond donors (Lipinski definition) is 1. The zero-order chi connectivity index (χ0) is 14.1. The van der Waals surface area contributed by atoms with Crippen molar-refractivity contribution in [3.63, 3.8) is 0 Å². The van der Waals surface area contributed by atoms with Crippen molar-refractivity contribution in [1.29, 1.82) is 0 Å². The molecule has 0 amide bonds. The van der Waals surface area contributed by atoms with Gasteiger partial charge in [-0.2, -0.15) is 0 Å². The lowest BCUT2D eigenvalue weighted by molar-refractivity contribution is 0.151. The first-order valence-corrected chi connectivity index (χ1v) is 6.93. The summed E-state index contributed by atoms with van der Waals surface area (Å²) in [5.41, 5.74) is 1.15. The molecule has 2 rings (SSSR count). The van der Waals surface area contributed by atoms with Crippen molar-refractivity contribution in [3.05, 3.63) is 23.8 Å². The van der Waals surface area contributed by atoms with Gasteiger partial charge in [-0.1, -0.05) is 26.8 Å². The molecule has 1 saturated heterocycles. The number of rotatable bonds is 3. The van der Waals surface area contributed by atoms with Crippen molar-refractivity contribution < 1.29 is 9.47 Å². The van der Waals surface area contributed by atoms with Gasteiger partial charge < -0.3 is 14.8 Å². The van der Waals surface area contributed by atoms with Crippen LogP contribution in [0.25, 0.3) is 0 Å². The molecule has 0 radical (unpaired) electrons. The summed E-state index contributed by atoms with van der Waals surface area (Å²) in [5, 5.41) is 3.72. The summed E-state index contributed by atoms with van der Waals surface area (Å²) in [6.45, 7) is 7.87. The van der Waals surface area contributed by atoms with Gasteiger partial charge in [-0.3, -0.25) is 0 Å². The molecule has 3 heteroatoms. The SMILES string of the molecule is COc1cccc(OC)c1C1(C(C)(C)C)CCCN1. The third-order valence-electron chi connectivity index (χ3n) is 4.29. The molecular weight excluding hydrogens is 238 g/mol. The van der Waals surface area contributed by atoms with Gasteiger partial charge >= 0.3 is 0 Å². The maximum absolute atomic E-state index is 5.60. The standard InChI is InChI=1S/C16H25NO2/c1-15(2,3)16(10-7-11-17-16)14-12(18-4)8-6-9-13(14)19-5/h6,8-9,17H,7,10-11H2,1-5H3. The van der Waals surface area contributed by atoms with Crippen LogP contribution in [0.5, 0.6) is 11.5 Å². The van der Waals surface area contributed by atoms with Crippen molar-refractivity contribution >= 4 is 0 Å². The molecule has 19 heavy (non-hydrogen) atoms. The third-order valence-corrected chi connectivity index (χ3v) is 4.29. The lowest BCUT2D eigenvalue weighted by Crippen LogP contribution is -2.48. The van der Waals surface area contributed by atoms with E-state index in [0.717, 1.165) is 30.0 Å².